The van der Waals surface area contributed by atoms with E-state index in [4.69, 9.17) is 0 Å². The molecule has 1 aliphatic rings. The van der Waals surface area contributed by atoms with Crippen LogP contribution in [-0.2, 0) is 6.54 Å². The van der Waals surface area contributed by atoms with Crippen molar-refractivity contribution in [1.29, 1.82) is 0 Å². The molecule has 0 aliphatic carbocycles. The van der Waals surface area contributed by atoms with Gasteiger partial charge in [0.1, 0.15) is 0 Å². The quantitative estimate of drug-likeness (QED) is 0.773. The van der Waals surface area contributed by atoms with Crippen LogP contribution in [0.25, 0.3) is 0 Å². The van der Waals surface area contributed by atoms with Crippen molar-refractivity contribution in [2.75, 3.05) is 19.6 Å². The molecule has 0 amide bonds. The Bertz CT molecular complexity index is 265. The Balaban J connectivity index is 1.74. The van der Waals surface area contributed by atoms with Gasteiger partial charge in [0.25, 0.3) is 0 Å². The van der Waals surface area contributed by atoms with E-state index >= 15 is 0 Å². The molecule has 14 heavy (non-hydrogen) atoms. The summed E-state index contributed by atoms with van der Waals surface area (Å²) < 4.78 is 0. The van der Waals surface area contributed by atoms with E-state index in [9.17, 15) is 0 Å². The maximum absolute atomic E-state index is 3.46. The molecule has 2 nitrogen and oxygen atoms in total. The lowest BCUT2D eigenvalue weighted by molar-refractivity contribution is 0.120. The summed E-state index contributed by atoms with van der Waals surface area (Å²) in [5, 5.41) is 3.46. The summed E-state index contributed by atoms with van der Waals surface area (Å²) in [6.07, 6.45) is 0. The molecule has 0 atom stereocenters. The number of likely N-dealkylation sites (N-methyl/N-ethyl adjacent to an activating group) is 1. The summed E-state index contributed by atoms with van der Waals surface area (Å²) in [6, 6.07) is 11.4. The first-order chi connectivity index (χ1) is 6.88. The maximum Gasteiger partial charge on any atom is 0.0322 e. The molecule has 1 aliphatic heterocycles. The second-order valence-corrected chi connectivity index (χ2v) is 3.93. The van der Waals surface area contributed by atoms with Crippen LogP contribution in [0.3, 0.4) is 0 Å². The first-order valence-corrected chi connectivity index (χ1v) is 5.38. The molecule has 1 fully saturated rings. The van der Waals surface area contributed by atoms with Gasteiger partial charge in [0.2, 0.25) is 0 Å². The Morgan fingerprint density at radius 1 is 1.29 bits per heavy atom. The highest BCUT2D eigenvalue weighted by Crippen LogP contribution is 2.12. The summed E-state index contributed by atoms with van der Waals surface area (Å²) in [7, 11) is 0. The first-order valence-electron chi connectivity index (χ1n) is 5.38. The molecule has 1 aromatic carbocycles. The van der Waals surface area contributed by atoms with Crippen LogP contribution >= 0.6 is 0 Å². The fraction of sp³-hybridized carbons (Fsp3) is 0.500. The van der Waals surface area contributed by atoms with Gasteiger partial charge in [0.05, 0.1) is 0 Å². The molecule has 0 bridgehead atoms. The highest BCUT2D eigenvalue weighted by Gasteiger charge is 2.24. The van der Waals surface area contributed by atoms with E-state index in [-0.39, 0.29) is 0 Å². The lowest BCUT2D eigenvalue weighted by Gasteiger charge is -2.39. The lowest BCUT2D eigenvalue weighted by atomic mass is 10.1. The molecule has 1 heterocycles. The van der Waals surface area contributed by atoms with Crippen LogP contribution in [-0.4, -0.2) is 30.6 Å². The molecular weight excluding hydrogens is 172 g/mol. The van der Waals surface area contributed by atoms with Crippen molar-refractivity contribution in [3.05, 3.63) is 35.9 Å². The van der Waals surface area contributed by atoms with Crippen LogP contribution in [0.5, 0.6) is 0 Å². The largest absolute Gasteiger partial charge is 0.312 e. The van der Waals surface area contributed by atoms with Gasteiger partial charge in [-0.15, -0.1) is 0 Å². The van der Waals surface area contributed by atoms with E-state index in [0.29, 0.717) is 0 Å². The predicted molar refractivity (Wildman–Crippen MR) is 59.2 cm³/mol. The second kappa shape index (κ2) is 4.58. The summed E-state index contributed by atoms with van der Waals surface area (Å²) in [4.78, 5) is 2.47. The van der Waals surface area contributed by atoms with E-state index in [1.807, 2.05) is 0 Å². The predicted octanol–water partition coefficient (Wildman–Crippen LogP) is 1.48. The minimum Gasteiger partial charge on any atom is -0.312 e. The van der Waals surface area contributed by atoms with Gasteiger partial charge in [0, 0.05) is 25.7 Å². The van der Waals surface area contributed by atoms with Crippen molar-refractivity contribution < 1.29 is 0 Å². The minimum absolute atomic E-state index is 0.726. The number of hydrogen-bond acceptors (Lipinski definition) is 2. The smallest absolute Gasteiger partial charge is 0.0322 e. The summed E-state index contributed by atoms with van der Waals surface area (Å²) >= 11 is 0. The van der Waals surface area contributed by atoms with Crippen molar-refractivity contribution in [3.63, 3.8) is 0 Å². The van der Waals surface area contributed by atoms with Gasteiger partial charge in [-0.05, 0) is 12.1 Å². The van der Waals surface area contributed by atoms with Gasteiger partial charge in [0.15, 0.2) is 0 Å². The molecule has 0 aromatic heterocycles. The highest BCUT2D eigenvalue weighted by molar-refractivity contribution is 5.15. The Labute approximate surface area is 85.9 Å². The van der Waals surface area contributed by atoms with Crippen molar-refractivity contribution in [1.82, 2.24) is 10.2 Å². The monoisotopic (exact) mass is 190 g/mol. The Morgan fingerprint density at radius 3 is 2.64 bits per heavy atom. The van der Waals surface area contributed by atoms with Gasteiger partial charge in [-0.2, -0.15) is 0 Å². The van der Waals surface area contributed by atoms with E-state index < -0.39 is 0 Å². The van der Waals surface area contributed by atoms with Crippen molar-refractivity contribution in [2.24, 2.45) is 0 Å². The third kappa shape index (κ3) is 2.34. The van der Waals surface area contributed by atoms with Crippen LogP contribution in [0.15, 0.2) is 30.3 Å². The third-order valence-electron chi connectivity index (χ3n) is 2.70. The van der Waals surface area contributed by atoms with E-state index in [1.165, 1.54) is 18.7 Å². The van der Waals surface area contributed by atoms with Crippen molar-refractivity contribution in [2.45, 2.75) is 19.5 Å². The van der Waals surface area contributed by atoms with Crippen LogP contribution in [0.2, 0.25) is 0 Å². The number of rotatable bonds is 4. The molecule has 2 heteroatoms. The average Bonchev–Trinajstić information content (AvgIpc) is 2.16. The lowest BCUT2D eigenvalue weighted by Crippen LogP contribution is -2.57. The summed E-state index contributed by atoms with van der Waals surface area (Å²) in [5.74, 6) is 0. The standard InChI is InChI=1S/C12H18N2/c1-2-13-12-9-14(10-12)8-11-6-4-3-5-7-11/h3-7,12-13H,2,8-10H2,1H3. The SMILES string of the molecule is CCNC1CN(Cc2ccccc2)C1. The highest BCUT2D eigenvalue weighted by atomic mass is 15.2. The van der Waals surface area contributed by atoms with E-state index in [2.05, 4.69) is 47.5 Å². The molecule has 1 N–H and O–H groups in total. The van der Waals surface area contributed by atoms with Gasteiger partial charge in [-0.25, -0.2) is 0 Å². The Kier molecular flexibility index (Phi) is 3.17. The molecule has 76 valence electrons. The molecule has 0 spiro atoms. The van der Waals surface area contributed by atoms with E-state index in [0.717, 1.165) is 19.1 Å². The van der Waals surface area contributed by atoms with Crippen LogP contribution in [0.1, 0.15) is 12.5 Å². The van der Waals surface area contributed by atoms with Crippen LogP contribution < -0.4 is 5.32 Å². The second-order valence-electron chi connectivity index (χ2n) is 3.93. The fourth-order valence-electron chi connectivity index (χ4n) is 1.96. The zero-order valence-corrected chi connectivity index (χ0v) is 8.74. The summed E-state index contributed by atoms with van der Waals surface area (Å²) in [6.45, 7) is 6.75. The van der Waals surface area contributed by atoms with Crippen LogP contribution in [0, 0.1) is 0 Å². The van der Waals surface area contributed by atoms with Gasteiger partial charge in [-0.3, -0.25) is 4.90 Å². The number of likely N-dealkylation sites (tertiary alicyclic amines) is 1. The van der Waals surface area contributed by atoms with Gasteiger partial charge in [-0.1, -0.05) is 37.3 Å². The van der Waals surface area contributed by atoms with Crippen molar-refractivity contribution >= 4 is 0 Å². The normalized spacial score (nSPS) is 18.1. The maximum atomic E-state index is 3.46. The zero-order chi connectivity index (χ0) is 9.80. The molecule has 0 radical (unpaired) electrons. The zero-order valence-electron chi connectivity index (χ0n) is 8.74. The fourth-order valence-corrected chi connectivity index (χ4v) is 1.96. The number of hydrogen-bond donors (Lipinski definition) is 1. The molecular formula is C12H18N2. The minimum atomic E-state index is 0.726. The van der Waals surface area contributed by atoms with Gasteiger partial charge < -0.3 is 5.32 Å². The Morgan fingerprint density at radius 2 is 2.00 bits per heavy atom. The molecule has 1 saturated heterocycles. The molecule has 0 unspecified atom stereocenters. The topological polar surface area (TPSA) is 15.3 Å². The Hall–Kier alpha value is -0.860. The number of nitrogens with zero attached hydrogens (tertiary/aromatic N) is 1. The molecule has 2 rings (SSSR count). The molecule has 0 saturated carbocycles. The number of benzene rings is 1. The average molecular weight is 190 g/mol. The molecule has 1 aromatic rings. The first kappa shape index (κ1) is 9.69. The van der Waals surface area contributed by atoms with Crippen LogP contribution in [0.4, 0.5) is 0 Å². The van der Waals surface area contributed by atoms with Crippen molar-refractivity contribution in [3.8, 4) is 0 Å². The summed E-state index contributed by atoms with van der Waals surface area (Å²) in [5.41, 5.74) is 1.42. The number of nitrogens with one attached hydrogen (secondary N) is 1. The van der Waals surface area contributed by atoms with Gasteiger partial charge >= 0.3 is 0 Å². The van der Waals surface area contributed by atoms with E-state index in [1.54, 1.807) is 0 Å². The third-order valence-corrected chi connectivity index (χ3v) is 2.70.